The van der Waals surface area contributed by atoms with Crippen molar-refractivity contribution in [2.45, 2.75) is 143 Å². The van der Waals surface area contributed by atoms with Crippen LogP contribution in [0.15, 0.2) is 0 Å². The largest absolute Gasteiger partial charge is 1.00 e. The number of carbonyl (C=O) groups is 3. The Morgan fingerprint density at radius 1 is 0.956 bits per heavy atom. The Labute approximate surface area is 292 Å². The number of ketones is 1. The van der Waals surface area contributed by atoms with Gasteiger partial charge in [0, 0.05) is 0 Å². The summed E-state index contributed by atoms with van der Waals surface area (Å²) in [6, 6.07) is 0. The Morgan fingerprint density at radius 2 is 1.64 bits per heavy atom. The topological polar surface area (TPSA) is 119 Å². The second-order valence-electron chi connectivity index (χ2n) is 16.1. The molecule has 0 bridgehead atoms. The second kappa shape index (κ2) is 14.8. The van der Waals surface area contributed by atoms with E-state index in [9.17, 15) is 19.5 Å². The molecule has 0 aromatic rings. The molecular formula is C36H58NaO8+. The first-order valence-electron chi connectivity index (χ1n) is 17.7. The van der Waals surface area contributed by atoms with E-state index < -0.39 is 42.8 Å². The van der Waals surface area contributed by atoms with E-state index in [1.54, 1.807) is 0 Å². The van der Waals surface area contributed by atoms with Crippen molar-refractivity contribution in [2.24, 2.45) is 58.2 Å². The van der Waals surface area contributed by atoms with E-state index in [-0.39, 0.29) is 41.1 Å². The molecule has 4 aliphatic carbocycles. The maximum atomic E-state index is 12.6. The first kappa shape index (κ1) is 37.2. The van der Waals surface area contributed by atoms with E-state index in [0.717, 1.165) is 61.2 Å². The van der Waals surface area contributed by atoms with Gasteiger partial charge in [-0.2, -0.15) is 0 Å². The monoisotopic (exact) mass is 641 g/mol. The first-order valence-corrected chi connectivity index (χ1v) is 17.7. The minimum Gasteiger partial charge on any atom is -0.448 e. The van der Waals surface area contributed by atoms with Crippen molar-refractivity contribution in [2.75, 3.05) is 6.61 Å². The summed E-state index contributed by atoms with van der Waals surface area (Å²) in [6.45, 7) is 14.1. The first-order chi connectivity index (χ1) is 20.8. The molecule has 4 saturated carbocycles. The maximum Gasteiger partial charge on any atom is 1.00 e. The van der Waals surface area contributed by atoms with Crippen molar-refractivity contribution in [3.05, 3.63) is 0 Å². The number of esters is 1. The number of rotatable bonds is 10. The van der Waals surface area contributed by atoms with Gasteiger partial charge in [0.1, 0.15) is 12.2 Å². The van der Waals surface area contributed by atoms with Crippen molar-refractivity contribution in [3.63, 3.8) is 0 Å². The van der Waals surface area contributed by atoms with E-state index >= 15 is 0 Å². The molecule has 0 aromatic heterocycles. The molecule has 9 heteroatoms. The van der Waals surface area contributed by atoms with E-state index in [1.807, 2.05) is 0 Å². The van der Waals surface area contributed by atoms with Crippen LogP contribution in [0.4, 0.5) is 4.79 Å². The molecule has 2 N–H and O–H groups in total. The number of Topliss-reactive ketones (excluding diaryl/α,β-unsaturated/α-hetero) is 1. The van der Waals surface area contributed by atoms with Gasteiger partial charge >= 0.3 is 41.7 Å². The van der Waals surface area contributed by atoms with Crippen LogP contribution < -0.4 is 29.6 Å². The summed E-state index contributed by atoms with van der Waals surface area (Å²) >= 11 is 0. The summed E-state index contributed by atoms with van der Waals surface area (Å²) < 4.78 is 15.5. The summed E-state index contributed by atoms with van der Waals surface area (Å²) in [6.07, 6.45) is 8.13. The van der Waals surface area contributed by atoms with E-state index in [4.69, 9.17) is 19.3 Å². The van der Waals surface area contributed by atoms with Gasteiger partial charge in [-0.25, -0.2) is 9.59 Å². The molecule has 0 amide bonds. The molecule has 250 valence electrons. The van der Waals surface area contributed by atoms with Crippen molar-refractivity contribution in [1.82, 2.24) is 0 Å². The minimum atomic E-state index is -1.77. The van der Waals surface area contributed by atoms with Crippen LogP contribution in [0, 0.1) is 58.2 Å². The van der Waals surface area contributed by atoms with E-state index in [1.165, 1.54) is 51.4 Å². The maximum absolute atomic E-state index is 12.6. The molecule has 0 spiro atoms. The predicted molar refractivity (Wildman–Crippen MR) is 165 cm³/mol. The Hall–Kier alpha value is -0.670. The summed E-state index contributed by atoms with van der Waals surface area (Å²) in [5.41, 5.74) is 0.695. The zero-order valence-electron chi connectivity index (χ0n) is 29.0. The zero-order valence-corrected chi connectivity index (χ0v) is 31.0. The molecule has 5 fully saturated rings. The van der Waals surface area contributed by atoms with Gasteiger partial charge in [0.15, 0.2) is 6.10 Å². The van der Waals surface area contributed by atoms with Crippen molar-refractivity contribution < 1.29 is 68.4 Å². The van der Waals surface area contributed by atoms with Crippen LogP contribution in [0.2, 0.25) is 0 Å². The fraction of sp³-hybridized carbons (Fsp3) is 0.917. The fourth-order valence-electron chi connectivity index (χ4n) is 11.2. The third-order valence-electron chi connectivity index (χ3n) is 13.8. The van der Waals surface area contributed by atoms with Gasteiger partial charge in [0.2, 0.25) is 5.78 Å². The van der Waals surface area contributed by atoms with Gasteiger partial charge in [0.05, 0.1) is 6.61 Å². The molecule has 0 aromatic carbocycles. The minimum absolute atomic E-state index is 0. The number of fused-ring (bicyclic) bond motifs is 5. The molecule has 4 unspecified atom stereocenters. The van der Waals surface area contributed by atoms with Crippen LogP contribution in [0.5, 0.6) is 0 Å². The zero-order chi connectivity index (χ0) is 32.0. The van der Waals surface area contributed by atoms with Crippen LogP contribution in [-0.4, -0.2) is 59.1 Å². The predicted octanol–water partition coefficient (Wildman–Crippen LogP) is 3.49. The Balaban J connectivity index is 0.00000461. The van der Waals surface area contributed by atoms with Crippen LogP contribution in [0.1, 0.15) is 119 Å². The summed E-state index contributed by atoms with van der Waals surface area (Å²) in [5, 5.41) is 18.8. The van der Waals surface area contributed by atoms with Crippen LogP contribution >= 0.6 is 0 Å². The summed E-state index contributed by atoms with van der Waals surface area (Å²) in [5.74, 6) is 4.11. The number of cyclic esters (lactones) is 1. The van der Waals surface area contributed by atoms with Gasteiger partial charge in [0.25, 0.3) is 6.10 Å². The molecule has 0 radical (unpaired) electrons. The standard InChI is InChI=1S/C36H58O8.Na/c1-7-22(20(2)3)9-8-21(4)26-12-13-27-25-11-10-23-18-24(14-16-35(23,5)28(25)15-17-36(26,27)6)42-34(41)44-32-30(39)31(29(38)19-37)43-33(32)40;/h20-29,31-32,37-38H,7-19H2,1-6H3;/q;+1/t21-,22?,23-,24-,25-,26+,27-,28-,29?,31?,32?,35-,36+;/m0./s1. The SMILES string of the molecule is CCC(CC[C@H](C)[C@H]1CC[C@H]2[C@@H]3CC[C@H]4C[C@@H](OC(=O)OC5C(=O)OC(C(O)CO)C5=O)CC[C@]4(C)[C@H]3CC[C@]12C)C(C)C.[Na+]. The number of carbonyl (C=O) groups excluding carboxylic acids is 3. The average Bonchev–Trinajstić information content (AvgIpc) is 3.48. The van der Waals surface area contributed by atoms with Gasteiger partial charge in [-0.1, -0.05) is 54.4 Å². The smallest absolute Gasteiger partial charge is 0.448 e. The number of aliphatic hydroxyl groups excluding tert-OH is 2. The molecule has 8 nitrogen and oxygen atoms in total. The van der Waals surface area contributed by atoms with Gasteiger partial charge < -0.3 is 24.4 Å². The number of hydrogen-bond acceptors (Lipinski definition) is 8. The molecule has 5 aliphatic rings. The molecule has 1 heterocycles. The molecular weight excluding hydrogens is 583 g/mol. The summed E-state index contributed by atoms with van der Waals surface area (Å²) in [4.78, 5) is 37.1. The third-order valence-corrected chi connectivity index (χ3v) is 13.8. The van der Waals surface area contributed by atoms with Crippen molar-refractivity contribution in [1.29, 1.82) is 0 Å². The fourth-order valence-corrected chi connectivity index (χ4v) is 11.2. The van der Waals surface area contributed by atoms with Gasteiger partial charge in [-0.05, 0) is 122 Å². The second-order valence-corrected chi connectivity index (χ2v) is 16.1. The molecule has 13 atom stereocenters. The van der Waals surface area contributed by atoms with E-state index in [2.05, 4.69) is 41.5 Å². The number of ether oxygens (including phenoxy) is 3. The molecule has 5 rings (SSSR count). The molecule has 1 saturated heterocycles. The Kier molecular flexibility index (Phi) is 12.3. The van der Waals surface area contributed by atoms with Crippen LogP contribution in [0.25, 0.3) is 0 Å². The quantitative estimate of drug-likeness (QED) is 0.212. The normalized spacial score (nSPS) is 41.2. The Morgan fingerprint density at radius 3 is 2.31 bits per heavy atom. The van der Waals surface area contributed by atoms with Crippen LogP contribution in [0.3, 0.4) is 0 Å². The van der Waals surface area contributed by atoms with E-state index in [0.29, 0.717) is 17.3 Å². The van der Waals surface area contributed by atoms with Crippen LogP contribution in [-0.2, 0) is 23.8 Å². The number of aliphatic hydroxyl groups is 2. The Bertz CT molecular complexity index is 1070. The molecule has 1 aliphatic heterocycles. The number of hydrogen-bond donors (Lipinski definition) is 2. The molecule has 45 heavy (non-hydrogen) atoms. The van der Waals surface area contributed by atoms with Gasteiger partial charge in [-0.15, -0.1) is 0 Å². The van der Waals surface area contributed by atoms with Crippen molar-refractivity contribution in [3.8, 4) is 0 Å². The van der Waals surface area contributed by atoms with Gasteiger partial charge in [-0.3, -0.25) is 4.79 Å². The third kappa shape index (κ3) is 7.07. The average molecular weight is 642 g/mol. The van der Waals surface area contributed by atoms with Crippen molar-refractivity contribution >= 4 is 17.9 Å². The summed E-state index contributed by atoms with van der Waals surface area (Å²) in [7, 11) is 0.